The minimum Gasteiger partial charge on any atom is -0.318 e. The highest BCUT2D eigenvalue weighted by molar-refractivity contribution is 7.85. The molecule has 4 heteroatoms. The van der Waals surface area contributed by atoms with Gasteiger partial charge in [-0.3, -0.25) is 4.21 Å². The van der Waals surface area contributed by atoms with E-state index in [-0.39, 0.29) is 0 Å². The maximum Gasteiger partial charge on any atom is 0.0389 e. The van der Waals surface area contributed by atoms with Crippen molar-refractivity contribution in [1.29, 1.82) is 0 Å². The van der Waals surface area contributed by atoms with E-state index >= 15 is 0 Å². The first-order valence-electron chi connectivity index (χ1n) is 4.06. The number of nitrogens with one attached hydrogen (secondary N) is 2. The van der Waals surface area contributed by atoms with Gasteiger partial charge in [0, 0.05) is 41.4 Å². The summed E-state index contributed by atoms with van der Waals surface area (Å²) >= 11 is 0. The zero-order valence-electron chi connectivity index (χ0n) is 6.93. The van der Waals surface area contributed by atoms with Crippen LogP contribution in [0.3, 0.4) is 0 Å². The third-order valence-corrected chi connectivity index (χ3v) is 3.35. The van der Waals surface area contributed by atoms with Gasteiger partial charge in [-0.05, 0) is 13.5 Å². The predicted octanol–water partition coefficient (Wildman–Crippen LogP) is -0.684. The number of rotatable bonds is 4. The molecule has 0 spiro atoms. The molecule has 1 rings (SSSR count). The van der Waals surface area contributed by atoms with E-state index in [1.807, 2.05) is 7.05 Å². The molecule has 1 aliphatic rings. The van der Waals surface area contributed by atoms with Gasteiger partial charge in [-0.25, -0.2) is 0 Å². The highest BCUT2D eigenvalue weighted by atomic mass is 32.2. The van der Waals surface area contributed by atoms with E-state index < -0.39 is 10.8 Å². The third-order valence-electron chi connectivity index (χ3n) is 1.89. The molecule has 0 aromatic carbocycles. The van der Waals surface area contributed by atoms with Gasteiger partial charge in [0.05, 0.1) is 0 Å². The van der Waals surface area contributed by atoms with Gasteiger partial charge in [-0.1, -0.05) is 0 Å². The van der Waals surface area contributed by atoms with E-state index in [9.17, 15) is 4.21 Å². The molecule has 1 saturated heterocycles. The Morgan fingerprint density at radius 2 is 2.36 bits per heavy atom. The molecule has 1 aliphatic heterocycles. The van der Waals surface area contributed by atoms with Gasteiger partial charge >= 0.3 is 0 Å². The molecule has 0 saturated carbocycles. The lowest BCUT2D eigenvalue weighted by Gasteiger charge is -2.09. The summed E-state index contributed by atoms with van der Waals surface area (Å²) in [5, 5.41) is 6.42. The Balaban J connectivity index is 2.04. The molecule has 11 heavy (non-hydrogen) atoms. The minimum atomic E-state index is -0.541. The highest BCUT2D eigenvalue weighted by Crippen LogP contribution is 2.06. The molecule has 3 nitrogen and oxygen atoms in total. The summed E-state index contributed by atoms with van der Waals surface area (Å²) < 4.78 is 10.9. The van der Waals surface area contributed by atoms with Crippen LogP contribution in [0.25, 0.3) is 0 Å². The summed E-state index contributed by atoms with van der Waals surface area (Å²) in [4.78, 5) is 0. The second-order valence-electron chi connectivity index (χ2n) is 2.85. The van der Waals surface area contributed by atoms with Gasteiger partial charge in [0.25, 0.3) is 0 Å². The zero-order valence-corrected chi connectivity index (χ0v) is 7.75. The SMILES string of the molecule is CNCCNC1CCS(=O)C1. The van der Waals surface area contributed by atoms with Crippen molar-refractivity contribution in [3.8, 4) is 0 Å². The molecule has 0 aromatic heterocycles. The van der Waals surface area contributed by atoms with E-state index in [1.54, 1.807) is 0 Å². The first-order chi connectivity index (χ1) is 5.33. The van der Waals surface area contributed by atoms with Crippen LogP contribution in [0.15, 0.2) is 0 Å². The van der Waals surface area contributed by atoms with Crippen molar-refractivity contribution in [2.24, 2.45) is 0 Å². The summed E-state index contributed by atoms with van der Waals surface area (Å²) in [5.41, 5.74) is 0. The smallest absolute Gasteiger partial charge is 0.0389 e. The fourth-order valence-electron chi connectivity index (χ4n) is 1.23. The molecule has 0 bridgehead atoms. The summed E-state index contributed by atoms with van der Waals surface area (Å²) in [6, 6.07) is 0.504. The molecular weight excluding hydrogens is 160 g/mol. The molecule has 66 valence electrons. The number of likely N-dealkylation sites (N-methyl/N-ethyl adjacent to an activating group) is 1. The fraction of sp³-hybridized carbons (Fsp3) is 1.00. The largest absolute Gasteiger partial charge is 0.318 e. The summed E-state index contributed by atoms with van der Waals surface area (Å²) in [5.74, 6) is 1.74. The molecule has 2 atom stereocenters. The van der Waals surface area contributed by atoms with Crippen molar-refractivity contribution in [3.05, 3.63) is 0 Å². The lowest BCUT2D eigenvalue weighted by Crippen LogP contribution is -2.34. The Kier molecular flexibility index (Phi) is 4.04. The second kappa shape index (κ2) is 4.85. The Labute approximate surface area is 70.4 Å². The maximum absolute atomic E-state index is 10.9. The Morgan fingerprint density at radius 3 is 2.91 bits per heavy atom. The van der Waals surface area contributed by atoms with Crippen LogP contribution in [0, 0.1) is 0 Å². The summed E-state index contributed by atoms with van der Waals surface area (Å²) in [6.07, 6.45) is 1.08. The van der Waals surface area contributed by atoms with Crippen LogP contribution in [-0.4, -0.2) is 41.9 Å². The third kappa shape index (κ3) is 3.31. The number of hydrogen-bond acceptors (Lipinski definition) is 3. The topological polar surface area (TPSA) is 41.1 Å². The maximum atomic E-state index is 10.9. The van der Waals surface area contributed by atoms with Crippen molar-refractivity contribution in [1.82, 2.24) is 10.6 Å². The average Bonchev–Trinajstić information content (AvgIpc) is 2.37. The number of hydrogen-bond donors (Lipinski definition) is 2. The van der Waals surface area contributed by atoms with E-state index in [0.29, 0.717) is 6.04 Å². The van der Waals surface area contributed by atoms with Gasteiger partial charge in [0.2, 0.25) is 0 Å². The Morgan fingerprint density at radius 1 is 1.55 bits per heavy atom. The quantitative estimate of drug-likeness (QED) is 0.557. The molecule has 2 unspecified atom stereocenters. The van der Waals surface area contributed by atoms with Crippen LogP contribution in [-0.2, 0) is 10.8 Å². The Hall–Kier alpha value is 0.0700. The molecular formula is C7H16N2OS. The molecule has 0 aliphatic carbocycles. The monoisotopic (exact) mass is 176 g/mol. The lowest BCUT2D eigenvalue weighted by atomic mass is 10.3. The highest BCUT2D eigenvalue weighted by Gasteiger charge is 2.19. The van der Waals surface area contributed by atoms with Crippen LogP contribution in [0.4, 0.5) is 0 Å². The fourth-order valence-corrected chi connectivity index (χ4v) is 2.67. The normalized spacial score (nSPS) is 31.0. The standard InChI is InChI=1S/C7H16N2OS/c1-8-3-4-9-7-2-5-11(10)6-7/h7-9H,2-6H2,1H3. The van der Waals surface area contributed by atoms with Crippen molar-refractivity contribution >= 4 is 10.8 Å². The van der Waals surface area contributed by atoms with E-state index in [0.717, 1.165) is 31.0 Å². The van der Waals surface area contributed by atoms with Gasteiger partial charge in [0.1, 0.15) is 0 Å². The average molecular weight is 176 g/mol. The zero-order chi connectivity index (χ0) is 8.10. The molecule has 0 amide bonds. The lowest BCUT2D eigenvalue weighted by molar-refractivity contribution is 0.548. The van der Waals surface area contributed by atoms with Gasteiger partial charge in [0.15, 0.2) is 0 Å². The van der Waals surface area contributed by atoms with E-state index in [4.69, 9.17) is 0 Å². The van der Waals surface area contributed by atoms with Crippen LogP contribution in [0.5, 0.6) is 0 Å². The first-order valence-corrected chi connectivity index (χ1v) is 5.54. The van der Waals surface area contributed by atoms with Gasteiger partial charge in [-0.15, -0.1) is 0 Å². The molecule has 1 heterocycles. The van der Waals surface area contributed by atoms with Crippen LogP contribution < -0.4 is 10.6 Å². The van der Waals surface area contributed by atoms with Crippen LogP contribution in [0.1, 0.15) is 6.42 Å². The molecule has 1 fully saturated rings. The Bertz CT molecular complexity index is 140. The van der Waals surface area contributed by atoms with Gasteiger partial charge < -0.3 is 10.6 Å². The van der Waals surface area contributed by atoms with Crippen molar-refractivity contribution in [2.45, 2.75) is 12.5 Å². The van der Waals surface area contributed by atoms with Crippen molar-refractivity contribution in [3.63, 3.8) is 0 Å². The summed E-state index contributed by atoms with van der Waals surface area (Å²) in [7, 11) is 1.40. The predicted molar refractivity (Wildman–Crippen MR) is 48.2 cm³/mol. The molecule has 0 aromatic rings. The van der Waals surface area contributed by atoms with Crippen molar-refractivity contribution < 1.29 is 4.21 Å². The van der Waals surface area contributed by atoms with Crippen LogP contribution >= 0.6 is 0 Å². The molecule has 0 radical (unpaired) electrons. The van der Waals surface area contributed by atoms with E-state index in [1.165, 1.54) is 0 Å². The second-order valence-corrected chi connectivity index (χ2v) is 4.48. The van der Waals surface area contributed by atoms with Gasteiger partial charge in [-0.2, -0.15) is 0 Å². The minimum absolute atomic E-state index is 0.504. The molecule has 2 N–H and O–H groups in total. The first kappa shape index (κ1) is 9.16. The summed E-state index contributed by atoms with van der Waals surface area (Å²) in [6.45, 7) is 1.97. The van der Waals surface area contributed by atoms with E-state index in [2.05, 4.69) is 10.6 Å². The van der Waals surface area contributed by atoms with Crippen LogP contribution in [0.2, 0.25) is 0 Å². The van der Waals surface area contributed by atoms with Crippen molar-refractivity contribution in [2.75, 3.05) is 31.6 Å².